The van der Waals surface area contributed by atoms with Crippen molar-refractivity contribution in [1.82, 2.24) is 10.2 Å². The van der Waals surface area contributed by atoms with Crippen molar-refractivity contribution >= 4 is 29.1 Å². The number of hydrogen-bond donors (Lipinski definition) is 2. The molecule has 1 aromatic carbocycles. The Kier molecular flexibility index (Phi) is 7.85. The van der Waals surface area contributed by atoms with Crippen LogP contribution in [0.4, 0.5) is 10.1 Å². The van der Waals surface area contributed by atoms with E-state index < -0.39 is 17.6 Å². The van der Waals surface area contributed by atoms with E-state index >= 15 is 0 Å². The molecule has 0 aliphatic carbocycles. The van der Waals surface area contributed by atoms with Crippen molar-refractivity contribution < 1.29 is 14.0 Å². The monoisotopic (exact) mass is 383 g/mol. The average molecular weight is 384 g/mol. The maximum absolute atomic E-state index is 13.4. The molecule has 2 N–H and O–H groups in total. The summed E-state index contributed by atoms with van der Waals surface area (Å²) in [6.07, 6.45) is 4.41. The minimum Gasteiger partial charge on any atom is -0.346 e. The van der Waals surface area contributed by atoms with Crippen molar-refractivity contribution in [2.24, 2.45) is 5.92 Å². The van der Waals surface area contributed by atoms with E-state index in [4.69, 9.17) is 11.6 Å². The lowest BCUT2D eigenvalue weighted by molar-refractivity contribution is -0.136. The maximum atomic E-state index is 13.4. The lowest BCUT2D eigenvalue weighted by Gasteiger charge is -2.33. The highest BCUT2D eigenvalue weighted by molar-refractivity contribution is 6.39. The summed E-state index contributed by atoms with van der Waals surface area (Å²) in [5, 5.41) is 5.10. The summed E-state index contributed by atoms with van der Waals surface area (Å²) in [6.45, 7) is 6.82. The van der Waals surface area contributed by atoms with E-state index in [2.05, 4.69) is 29.4 Å². The Morgan fingerprint density at radius 3 is 2.42 bits per heavy atom. The number of carbonyl (C=O) groups excluding carboxylic acids is 2. The van der Waals surface area contributed by atoms with Crippen LogP contribution in [0.25, 0.3) is 0 Å². The first kappa shape index (κ1) is 20.6. The van der Waals surface area contributed by atoms with Crippen LogP contribution in [0, 0.1) is 11.7 Å². The molecule has 0 spiro atoms. The Balaban J connectivity index is 1.93. The third kappa shape index (κ3) is 5.42. The molecule has 1 aliphatic rings. The number of hydrogen-bond acceptors (Lipinski definition) is 3. The molecule has 5 nitrogen and oxygen atoms in total. The lowest BCUT2D eigenvalue weighted by atomic mass is 9.93. The SMILES string of the molecule is CCC(CC)C(CNC(=O)C(=O)Nc1ccc(Cl)c(F)c1)N1CCCC1. The molecular weight excluding hydrogens is 357 g/mol. The first-order valence-corrected chi connectivity index (χ1v) is 9.62. The van der Waals surface area contributed by atoms with Crippen LogP contribution >= 0.6 is 11.6 Å². The first-order chi connectivity index (χ1) is 12.5. The van der Waals surface area contributed by atoms with Gasteiger partial charge in [-0.25, -0.2) is 4.39 Å². The van der Waals surface area contributed by atoms with Gasteiger partial charge in [-0.3, -0.25) is 14.5 Å². The van der Waals surface area contributed by atoms with Gasteiger partial charge in [-0.2, -0.15) is 0 Å². The molecule has 2 rings (SSSR count). The van der Waals surface area contributed by atoms with Crippen LogP contribution in [0.1, 0.15) is 39.5 Å². The number of nitrogens with zero attached hydrogens (tertiary/aromatic N) is 1. The zero-order valence-corrected chi connectivity index (χ0v) is 16.1. The second-order valence-corrected chi connectivity index (χ2v) is 7.09. The molecule has 1 aliphatic heterocycles. The summed E-state index contributed by atoms with van der Waals surface area (Å²) in [6, 6.07) is 4.11. The van der Waals surface area contributed by atoms with Crippen LogP contribution in [-0.2, 0) is 9.59 Å². The Labute approximate surface area is 159 Å². The second kappa shape index (κ2) is 9.88. The zero-order valence-electron chi connectivity index (χ0n) is 15.4. The van der Waals surface area contributed by atoms with E-state index in [1.54, 1.807) is 0 Å². The number of rotatable bonds is 7. The zero-order chi connectivity index (χ0) is 19.1. The quantitative estimate of drug-likeness (QED) is 0.709. The van der Waals surface area contributed by atoms with Crippen molar-refractivity contribution in [3.05, 3.63) is 29.0 Å². The van der Waals surface area contributed by atoms with Crippen molar-refractivity contribution in [3.8, 4) is 0 Å². The van der Waals surface area contributed by atoms with Gasteiger partial charge < -0.3 is 10.6 Å². The Morgan fingerprint density at radius 2 is 1.85 bits per heavy atom. The molecule has 2 amide bonds. The second-order valence-electron chi connectivity index (χ2n) is 6.68. The molecule has 7 heteroatoms. The molecule has 144 valence electrons. The topological polar surface area (TPSA) is 61.4 Å². The van der Waals surface area contributed by atoms with E-state index in [0.717, 1.165) is 32.0 Å². The van der Waals surface area contributed by atoms with Crippen molar-refractivity contribution in [2.75, 3.05) is 25.0 Å². The summed E-state index contributed by atoms with van der Waals surface area (Å²) in [5.74, 6) is -1.69. The van der Waals surface area contributed by atoms with Gasteiger partial charge in [-0.05, 0) is 50.0 Å². The van der Waals surface area contributed by atoms with E-state index in [0.29, 0.717) is 12.5 Å². The highest BCUT2D eigenvalue weighted by Crippen LogP contribution is 2.22. The molecule has 1 unspecified atom stereocenters. The van der Waals surface area contributed by atoms with Gasteiger partial charge >= 0.3 is 11.8 Å². The number of benzene rings is 1. The van der Waals surface area contributed by atoms with Gasteiger partial charge in [0.05, 0.1) is 5.02 Å². The van der Waals surface area contributed by atoms with Crippen LogP contribution in [0.5, 0.6) is 0 Å². The smallest absolute Gasteiger partial charge is 0.313 e. The van der Waals surface area contributed by atoms with Crippen LogP contribution in [-0.4, -0.2) is 42.4 Å². The molecule has 0 bridgehead atoms. The number of halogens is 2. The molecule has 0 radical (unpaired) electrons. The van der Waals surface area contributed by atoms with E-state index in [9.17, 15) is 14.0 Å². The summed E-state index contributed by atoms with van der Waals surface area (Å²) in [4.78, 5) is 26.6. The minimum atomic E-state index is -0.809. The van der Waals surface area contributed by atoms with Crippen LogP contribution in [0.15, 0.2) is 18.2 Å². The molecule has 1 aromatic rings. The predicted octanol–water partition coefficient (Wildman–Crippen LogP) is 3.43. The van der Waals surface area contributed by atoms with Gasteiger partial charge in [0.15, 0.2) is 0 Å². The molecule has 1 atom stereocenters. The van der Waals surface area contributed by atoms with E-state index in [1.165, 1.54) is 25.0 Å². The molecule has 0 aromatic heterocycles. The van der Waals surface area contributed by atoms with Crippen LogP contribution in [0.3, 0.4) is 0 Å². The standard InChI is InChI=1S/C19H27ClFN3O2/c1-3-13(4-2)17(24-9-5-6-10-24)12-22-18(25)19(26)23-14-7-8-15(20)16(21)11-14/h7-8,11,13,17H,3-6,9-10,12H2,1-2H3,(H,22,25)(H,23,26). The molecule has 0 saturated carbocycles. The number of nitrogens with one attached hydrogen (secondary N) is 2. The Morgan fingerprint density at radius 1 is 1.19 bits per heavy atom. The molecule has 1 heterocycles. The predicted molar refractivity (Wildman–Crippen MR) is 102 cm³/mol. The maximum Gasteiger partial charge on any atom is 0.313 e. The van der Waals surface area contributed by atoms with Crippen LogP contribution < -0.4 is 10.6 Å². The molecular formula is C19H27ClFN3O2. The normalized spacial score (nSPS) is 15.9. The van der Waals surface area contributed by atoms with Gasteiger partial charge in [-0.1, -0.05) is 38.3 Å². The average Bonchev–Trinajstić information content (AvgIpc) is 3.15. The van der Waals surface area contributed by atoms with Gasteiger partial charge in [0.2, 0.25) is 0 Å². The Hall–Kier alpha value is -1.66. The summed E-state index contributed by atoms with van der Waals surface area (Å²) in [7, 11) is 0. The van der Waals surface area contributed by atoms with E-state index in [-0.39, 0.29) is 16.8 Å². The first-order valence-electron chi connectivity index (χ1n) is 9.24. The fourth-order valence-electron chi connectivity index (χ4n) is 3.54. The van der Waals surface area contributed by atoms with Crippen molar-refractivity contribution in [3.63, 3.8) is 0 Å². The largest absolute Gasteiger partial charge is 0.346 e. The number of likely N-dealkylation sites (tertiary alicyclic amines) is 1. The third-order valence-electron chi connectivity index (χ3n) is 5.06. The number of anilines is 1. The van der Waals surface area contributed by atoms with Gasteiger partial charge in [0.1, 0.15) is 5.82 Å². The van der Waals surface area contributed by atoms with Gasteiger partial charge in [0, 0.05) is 18.3 Å². The van der Waals surface area contributed by atoms with E-state index in [1.807, 2.05) is 0 Å². The van der Waals surface area contributed by atoms with Crippen LogP contribution in [0.2, 0.25) is 5.02 Å². The molecule has 26 heavy (non-hydrogen) atoms. The minimum absolute atomic E-state index is 0.0360. The number of amides is 2. The van der Waals surface area contributed by atoms with Gasteiger partial charge in [0.25, 0.3) is 0 Å². The Bertz CT molecular complexity index is 629. The van der Waals surface area contributed by atoms with Crippen molar-refractivity contribution in [1.29, 1.82) is 0 Å². The highest BCUT2D eigenvalue weighted by Gasteiger charge is 2.28. The lowest BCUT2D eigenvalue weighted by Crippen LogP contribution is -2.48. The van der Waals surface area contributed by atoms with Gasteiger partial charge in [-0.15, -0.1) is 0 Å². The number of carbonyl (C=O) groups is 2. The van der Waals surface area contributed by atoms with Crippen molar-refractivity contribution in [2.45, 2.75) is 45.6 Å². The third-order valence-corrected chi connectivity index (χ3v) is 5.36. The molecule has 1 fully saturated rings. The fourth-order valence-corrected chi connectivity index (χ4v) is 3.66. The molecule has 1 saturated heterocycles. The summed E-state index contributed by atoms with van der Waals surface area (Å²) in [5.41, 5.74) is 0.197. The summed E-state index contributed by atoms with van der Waals surface area (Å²) < 4.78 is 13.4. The fraction of sp³-hybridized carbons (Fsp3) is 0.579. The summed E-state index contributed by atoms with van der Waals surface area (Å²) >= 11 is 5.61. The highest BCUT2D eigenvalue weighted by atomic mass is 35.5.